The van der Waals surface area contributed by atoms with E-state index in [1.807, 2.05) is 7.11 Å². The van der Waals surface area contributed by atoms with E-state index in [1.54, 1.807) is 16.0 Å². The molecule has 1 unspecified atom stereocenters. The monoisotopic (exact) mass is 426 g/mol. The molecule has 2 aliphatic heterocycles. The van der Waals surface area contributed by atoms with Crippen LogP contribution in [0.3, 0.4) is 0 Å². The number of hydrogen-bond donors (Lipinski definition) is 1. The van der Waals surface area contributed by atoms with Crippen LogP contribution in [0.1, 0.15) is 77.0 Å². The third-order valence-electron chi connectivity index (χ3n) is 8.88. The third-order valence-corrected chi connectivity index (χ3v) is 8.88. The summed E-state index contributed by atoms with van der Waals surface area (Å²) in [7, 11) is 1.88. The minimum Gasteiger partial charge on any atom is -0.374 e. The maximum Gasteiger partial charge on any atom is 0.233 e. The molecule has 170 valence electrons. The summed E-state index contributed by atoms with van der Waals surface area (Å²) in [6.45, 7) is 1.74. The van der Waals surface area contributed by atoms with E-state index in [0.717, 1.165) is 70.8 Å². The lowest BCUT2D eigenvalue weighted by atomic mass is 9.69. The van der Waals surface area contributed by atoms with E-state index in [4.69, 9.17) is 4.74 Å². The number of imide groups is 1. The zero-order valence-corrected chi connectivity index (χ0v) is 19.0. The molecule has 0 aromatic rings. The first kappa shape index (κ1) is 21.4. The highest BCUT2D eigenvalue weighted by Crippen LogP contribution is 2.47. The van der Waals surface area contributed by atoms with E-state index in [9.17, 15) is 9.59 Å². The standard InChI is InChI=1S/C26H38N2O3/c1-31-26(15-7-10-18-19-13-16-27-23(19)12-11-22(18)26)14-5-2-6-17-28-24(29)20-8-3-4-9-21(20)25(28)30/h7,10,19-21,23,27H,2-6,8-9,11-17H2,1H3/t19-,20-,21+,23+,26?/m0/s1. The number of nitrogens with one attached hydrogen (secondary N) is 1. The van der Waals surface area contributed by atoms with Crippen LogP contribution in [0.15, 0.2) is 23.3 Å². The van der Waals surface area contributed by atoms with E-state index in [1.165, 1.54) is 12.8 Å². The van der Waals surface area contributed by atoms with Crippen LogP contribution in [-0.2, 0) is 14.3 Å². The van der Waals surface area contributed by atoms with Gasteiger partial charge in [-0.3, -0.25) is 14.5 Å². The topological polar surface area (TPSA) is 58.6 Å². The van der Waals surface area contributed by atoms with Crippen molar-refractivity contribution in [3.8, 4) is 0 Å². The number of nitrogens with zero attached hydrogens (tertiary/aromatic N) is 1. The lowest BCUT2D eigenvalue weighted by Crippen LogP contribution is -2.41. The number of allylic oxidation sites excluding steroid dienone is 1. The molecule has 1 N–H and O–H groups in total. The predicted octanol–water partition coefficient (Wildman–Crippen LogP) is 4.14. The van der Waals surface area contributed by atoms with Crippen molar-refractivity contribution in [1.82, 2.24) is 10.2 Å². The van der Waals surface area contributed by atoms with Gasteiger partial charge in [-0.1, -0.05) is 37.8 Å². The van der Waals surface area contributed by atoms with Crippen LogP contribution in [0.25, 0.3) is 0 Å². The summed E-state index contributed by atoms with van der Waals surface area (Å²) >= 11 is 0. The van der Waals surface area contributed by atoms with E-state index in [0.29, 0.717) is 18.5 Å². The minimum atomic E-state index is -0.147. The Bertz CT molecular complexity index is 764. The van der Waals surface area contributed by atoms with Crippen LogP contribution >= 0.6 is 0 Å². The summed E-state index contributed by atoms with van der Waals surface area (Å²) in [5.74, 6) is 0.843. The van der Waals surface area contributed by atoms with Crippen molar-refractivity contribution < 1.29 is 14.3 Å². The molecular weight excluding hydrogens is 388 g/mol. The van der Waals surface area contributed by atoms with Gasteiger partial charge in [-0.05, 0) is 69.1 Å². The van der Waals surface area contributed by atoms with Crippen LogP contribution in [0.2, 0.25) is 0 Å². The Labute approximate surface area is 186 Å². The van der Waals surface area contributed by atoms with Gasteiger partial charge < -0.3 is 10.1 Å². The number of rotatable bonds is 7. The van der Waals surface area contributed by atoms with E-state index in [2.05, 4.69) is 17.5 Å². The highest BCUT2D eigenvalue weighted by atomic mass is 16.5. The summed E-state index contributed by atoms with van der Waals surface area (Å²) in [6.07, 6.45) is 17.3. The molecule has 0 bridgehead atoms. The van der Waals surface area contributed by atoms with Crippen LogP contribution < -0.4 is 5.32 Å². The first-order valence-corrected chi connectivity index (χ1v) is 12.7. The van der Waals surface area contributed by atoms with Gasteiger partial charge in [0.2, 0.25) is 11.8 Å². The van der Waals surface area contributed by atoms with Gasteiger partial charge in [0.25, 0.3) is 0 Å². The fourth-order valence-corrected chi connectivity index (χ4v) is 7.20. The van der Waals surface area contributed by atoms with Crippen LogP contribution in [-0.4, -0.2) is 48.6 Å². The molecule has 5 heteroatoms. The molecule has 0 aromatic heterocycles. The maximum atomic E-state index is 12.7. The van der Waals surface area contributed by atoms with Crippen molar-refractivity contribution >= 4 is 11.8 Å². The number of unbranched alkanes of at least 4 members (excludes halogenated alkanes) is 2. The lowest BCUT2D eigenvalue weighted by molar-refractivity contribution is -0.140. The molecule has 5 nitrogen and oxygen atoms in total. The average Bonchev–Trinajstić information content (AvgIpc) is 3.38. The largest absolute Gasteiger partial charge is 0.374 e. The Morgan fingerprint density at radius 2 is 1.81 bits per heavy atom. The van der Waals surface area contributed by atoms with Crippen molar-refractivity contribution in [3.63, 3.8) is 0 Å². The van der Waals surface area contributed by atoms with Gasteiger partial charge in [0.1, 0.15) is 0 Å². The molecule has 2 heterocycles. The molecule has 3 aliphatic carbocycles. The molecule has 3 fully saturated rings. The fraction of sp³-hybridized carbons (Fsp3) is 0.769. The quantitative estimate of drug-likeness (QED) is 0.491. The van der Waals surface area contributed by atoms with Crippen molar-refractivity contribution in [1.29, 1.82) is 0 Å². The summed E-state index contributed by atoms with van der Waals surface area (Å²) in [5.41, 5.74) is 2.95. The van der Waals surface area contributed by atoms with Crippen molar-refractivity contribution in [3.05, 3.63) is 23.3 Å². The Morgan fingerprint density at radius 3 is 2.55 bits per heavy atom. The number of methoxy groups -OCH3 is 1. The zero-order chi connectivity index (χ0) is 21.4. The first-order chi connectivity index (χ1) is 15.1. The van der Waals surface area contributed by atoms with E-state index in [-0.39, 0.29) is 29.3 Å². The summed E-state index contributed by atoms with van der Waals surface area (Å²) in [6, 6.07) is 0.648. The molecule has 2 amide bonds. The molecule has 0 spiro atoms. The molecule has 1 saturated carbocycles. The Balaban J connectivity index is 1.16. The van der Waals surface area contributed by atoms with Gasteiger partial charge in [-0.2, -0.15) is 0 Å². The maximum absolute atomic E-state index is 12.7. The highest BCUT2D eigenvalue weighted by Gasteiger charge is 2.48. The molecule has 31 heavy (non-hydrogen) atoms. The van der Waals surface area contributed by atoms with Crippen LogP contribution in [0.5, 0.6) is 0 Å². The Hall–Kier alpha value is -1.46. The average molecular weight is 427 g/mol. The number of amides is 2. The second kappa shape index (κ2) is 8.82. The molecule has 0 radical (unpaired) electrons. The molecule has 5 rings (SSSR count). The van der Waals surface area contributed by atoms with Gasteiger partial charge in [0.05, 0.1) is 17.4 Å². The zero-order valence-electron chi connectivity index (χ0n) is 19.0. The van der Waals surface area contributed by atoms with Crippen molar-refractivity contribution in [2.75, 3.05) is 20.2 Å². The third kappa shape index (κ3) is 3.72. The van der Waals surface area contributed by atoms with Crippen LogP contribution in [0, 0.1) is 17.8 Å². The molecule has 2 saturated heterocycles. The lowest BCUT2D eigenvalue weighted by Gasteiger charge is -2.43. The number of fused-ring (bicyclic) bond motifs is 3. The van der Waals surface area contributed by atoms with Gasteiger partial charge in [-0.15, -0.1) is 0 Å². The van der Waals surface area contributed by atoms with E-state index >= 15 is 0 Å². The second-order valence-electron chi connectivity index (χ2n) is 10.4. The van der Waals surface area contributed by atoms with E-state index < -0.39 is 0 Å². The minimum absolute atomic E-state index is 0.0161. The number of likely N-dealkylation sites (tertiary alicyclic amines) is 1. The first-order valence-electron chi connectivity index (χ1n) is 12.7. The second-order valence-corrected chi connectivity index (χ2v) is 10.4. The SMILES string of the molecule is COC1(CCCCCN2C(=O)[C@H]3CCCC[C@H]3C2=O)CC=CC2=C1CC[C@H]1NCC[C@@H]21. The van der Waals surface area contributed by atoms with Gasteiger partial charge in [-0.25, -0.2) is 0 Å². The molecule has 5 atom stereocenters. The number of carbonyl (C=O) groups excluding carboxylic acids is 2. The number of carbonyl (C=O) groups is 2. The Morgan fingerprint density at radius 1 is 1.03 bits per heavy atom. The molecular formula is C26H38N2O3. The summed E-state index contributed by atoms with van der Waals surface area (Å²) < 4.78 is 6.23. The van der Waals surface area contributed by atoms with Gasteiger partial charge in [0, 0.05) is 25.6 Å². The molecule has 0 aromatic carbocycles. The number of ether oxygens (including phenoxy) is 1. The predicted molar refractivity (Wildman–Crippen MR) is 120 cm³/mol. The summed E-state index contributed by atoms with van der Waals surface area (Å²) in [4.78, 5) is 26.9. The number of hydrogen-bond acceptors (Lipinski definition) is 4. The molecule has 5 aliphatic rings. The highest BCUT2D eigenvalue weighted by molar-refractivity contribution is 6.05. The fourth-order valence-electron chi connectivity index (χ4n) is 7.20. The van der Waals surface area contributed by atoms with Crippen molar-refractivity contribution in [2.45, 2.75) is 88.7 Å². The summed E-state index contributed by atoms with van der Waals surface area (Å²) in [5, 5.41) is 3.68. The van der Waals surface area contributed by atoms with Crippen molar-refractivity contribution in [2.24, 2.45) is 17.8 Å². The smallest absolute Gasteiger partial charge is 0.233 e. The Kier molecular flexibility index (Phi) is 6.09. The van der Waals surface area contributed by atoms with Gasteiger partial charge >= 0.3 is 0 Å². The normalized spacial score (nSPS) is 37.3. The van der Waals surface area contributed by atoms with Gasteiger partial charge in [0.15, 0.2) is 0 Å². The van der Waals surface area contributed by atoms with Crippen LogP contribution in [0.4, 0.5) is 0 Å².